The first-order chi connectivity index (χ1) is 13.1. The second kappa shape index (κ2) is 8.68. The molecule has 0 aliphatic rings. The molecule has 2 aromatic heterocycles. The Balaban J connectivity index is 2.30. The summed E-state index contributed by atoms with van der Waals surface area (Å²) in [7, 11) is 0. The molecule has 0 unspecified atom stereocenters. The van der Waals surface area contributed by atoms with Crippen molar-refractivity contribution >= 4 is 39.0 Å². The summed E-state index contributed by atoms with van der Waals surface area (Å²) in [6, 6.07) is 8.78. The summed E-state index contributed by atoms with van der Waals surface area (Å²) in [5, 5.41) is 1.33. The molecule has 2 heterocycles. The molecule has 0 bridgehead atoms. The van der Waals surface area contributed by atoms with Crippen molar-refractivity contribution in [2.24, 2.45) is 0 Å². The number of benzene rings is 1. The smallest absolute Gasteiger partial charge is 0.225 e. The lowest BCUT2D eigenvalue weighted by Crippen LogP contribution is -2.24. The third kappa shape index (κ3) is 3.92. The number of aromatic nitrogens is 2. The van der Waals surface area contributed by atoms with Crippen molar-refractivity contribution in [1.82, 2.24) is 9.97 Å². The van der Waals surface area contributed by atoms with E-state index in [1.165, 1.54) is 21.6 Å². The van der Waals surface area contributed by atoms with Gasteiger partial charge in [0.1, 0.15) is 10.6 Å². The monoisotopic (exact) mass is 397 g/mol. The van der Waals surface area contributed by atoms with Crippen LogP contribution < -0.4 is 4.90 Å². The van der Waals surface area contributed by atoms with Crippen LogP contribution in [0, 0.1) is 0 Å². The highest BCUT2D eigenvalue weighted by Gasteiger charge is 2.22. The first kappa shape index (κ1) is 19.6. The summed E-state index contributed by atoms with van der Waals surface area (Å²) in [5.74, 6) is 0.843. The van der Waals surface area contributed by atoms with Crippen LogP contribution in [0.3, 0.4) is 0 Å². The molecule has 0 atom stereocenters. The molecule has 0 saturated heterocycles. The van der Waals surface area contributed by atoms with Gasteiger partial charge in [0.05, 0.1) is 5.39 Å². The topological polar surface area (TPSA) is 29.0 Å². The van der Waals surface area contributed by atoms with Gasteiger partial charge in [0.2, 0.25) is 5.28 Å². The molecule has 0 amide bonds. The molecule has 140 valence electrons. The zero-order valence-electron chi connectivity index (χ0n) is 15.8. The van der Waals surface area contributed by atoms with Crippen LogP contribution in [0.2, 0.25) is 5.28 Å². The number of hydrogen-bond donors (Lipinski definition) is 0. The normalized spacial score (nSPS) is 10.9. The molecule has 0 fully saturated rings. The summed E-state index contributed by atoms with van der Waals surface area (Å²) in [4.78, 5) is 13.5. The minimum atomic E-state index is 0.271. The number of hydrogen-bond acceptors (Lipinski definition) is 4. The molecule has 3 nitrogen and oxygen atoms in total. The van der Waals surface area contributed by atoms with Gasteiger partial charge in [-0.3, -0.25) is 0 Å². The first-order valence-corrected chi connectivity index (χ1v) is 10.4. The van der Waals surface area contributed by atoms with E-state index in [4.69, 9.17) is 11.6 Å². The Hall–Kier alpha value is -2.17. The maximum absolute atomic E-state index is 6.26. The molecule has 3 aromatic rings. The van der Waals surface area contributed by atoms with Gasteiger partial charge < -0.3 is 4.90 Å². The van der Waals surface area contributed by atoms with E-state index in [9.17, 15) is 0 Å². The molecule has 0 aliphatic carbocycles. The molecule has 1 aromatic carbocycles. The quantitative estimate of drug-likeness (QED) is 0.329. The Morgan fingerprint density at radius 1 is 1.04 bits per heavy atom. The van der Waals surface area contributed by atoms with Crippen molar-refractivity contribution < 1.29 is 0 Å². The van der Waals surface area contributed by atoms with Crippen LogP contribution >= 0.6 is 22.9 Å². The SMILES string of the molecule is C=CCN(CC=C)c1nc(Cl)nc2sc(CC)c(-c3ccc(CC)cc3)c12. The average Bonchev–Trinajstić information content (AvgIpc) is 3.05. The van der Waals surface area contributed by atoms with Crippen molar-refractivity contribution in [3.8, 4) is 11.1 Å². The number of rotatable bonds is 8. The van der Waals surface area contributed by atoms with E-state index in [1.54, 1.807) is 11.3 Å². The number of halogens is 1. The summed E-state index contributed by atoms with van der Waals surface area (Å²) in [5.41, 5.74) is 3.74. The Morgan fingerprint density at radius 3 is 2.26 bits per heavy atom. The number of anilines is 1. The van der Waals surface area contributed by atoms with Gasteiger partial charge in [0, 0.05) is 23.5 Å². The minimum absolute atomic E-state index is 0.271. The maximum Gasteiger partial charge on any atom is 0.225 e. The van der Waals surface area contributed by atoms with E-state index in [-0.39, 0.29) is 5.28 Å². The van der Waals surface area contributed by atoms with Crippen molar-refractivity contribution in [3.05, 3.63) is 65.3 Å². The highest BCUT2D eigenvalue weighted by Crippen LogP contribution is 2.43. The van der Waals surface area contributed by atoms with Crippen molar-refractivity contribution in [3.63, 3.8) is 0 Å². The highest BCUT2D eigenvalue weighted by molar-refractivity contribution is 7.19. The second-order valence-electron chi connectivity index (χ2n) is 6.28. The molecule has 3 rings (SSSR count). The molecule has 0 radical (unpaired) electrons. The number of nitrogens with zero attached hydrogens (tertiary/aromatic N) is 3. The lowest BCUT2D eigenvalue weighted by Gasteiger charge is -2.22. The van der Waals surface area contributed by atoms with Crippen LogP contribution in [-0.2, 0) is 12.8 Å². The van der Waals surface area contributed by atoms with E-state index in [1.807, 2.05) is 12.2 Å². The van der Waals surface area contributed by atoms with Gasteiger partial charge in [-0.1, -0.05) is 50.3 Å². The number of thiophene rings is 1. The van der Waals surface area contributed by atoms with Crippen molar-refractivity contribution in [1.29, 1.82) is 0 Å². The fourth-order valence-electron chi connectivity index (χ4n) is 3.25. The van der Waals surface area contributed by atoms with Gasteiger partial charge in [-0.05, 0) is 35.6 Å². The minimum Gasteiger partial charge on any atom is -0.348 e. The van der Waals surface area contributed by atoms with Gasteiger partial charge >= 0.3 is 0 Å². The summed E-state index contributed by atoms with van der Waals surface area (Å²) in [6.45, 7) is 13.4. The van der Waals surface area contributed by atoms with Crippen LogP contribution in [-0.4, -0.2) is 23.1 Å². The average molecular weight is 398 g/mol. The van der Waals surface area contributed by atoms with Crippen molar-refractivity contribution in [2.45, 2.75) is 26.7 Å². The predicted octanol–water partition coefficient (Wildman–Crippen LogP) is 6.31. The number of aryl methyl sites for hydroxylation is 2. The zero-order chi connectivity index (χ0) is 19.4. The molecule has 0 spiro atoms. The lowest BCUT2D eigenvalue weighted by molar-refractivity contribution is 0.929. The van der Waals surface area contributed by atoms with E-state index in [0.29, 0.717) is 13.1 Å². The van der Waals surface area contributed by atoms with E-state index in [0.717, 1.165) is 28.9 Å². The Morgan fingerprint density at radius 2 is 1.70 bits per heavy atom. The number of fused-ring (bicyclic) bond motifs is 1. The molecule has 27 heavy (non-hydrogen) atoms. The molecule has 5 heteroatoms. The molecule has 0 saturated carbocycles. The Labute approximate surface area is 170 Å². The van der Waals surface area contributed by atoms with Gasteiger partial charge in [0.15, 0.2) is 0 Å². The molecule has 0 aliphatic heterocycles. The third-order valence-corrected chi connectivity index (χ3v) is 5.95. The van der Waals surface area contributed by atoms with Crippen LogP contribution in [0.5, 0.6) is 0 Å². The zero-order valence-corrected chi connectivity index (χ0v) is 17.4. The Bertz CT molecular complexity index is 950. The molecule has 0 N–H and O–H groups in total. The fourth-order valence-corrected chi connectivity index (χ4v) is 4.59. The van der Waals surface area contributed by atoms with Crippen LogP contribution in [0.15, 0.2) is 49.6 Å². The van der Waals surface area contributed by atoms with Crippen LogP contribution in [0.25, 0.3) is 21.3 Å². The molecular weight excluding hydrogens is 374 g/mol. The summed E-state index contributed by atoms with van der Waals surface area (Å²) < 4.78 is 0. The van der Waals surface area contributed by atoms with E-state index in [2.05, 4.69) is 66.1 Å². The lowest BCUT2D eigenvalue weighted by atomic mass is 10.00. The third-order valence-electron chi connectivity index (χ3n) is 4.55. The Kier molecular flexibility index (Phi) is 6.30. The standard InChI is InChI=1S/C22H24ClN3S/c1-5-13-26(14-6-2)20-19-18(16-11-9-15(7-3)10-12-16)17(8-4)27-21(19)25-22(23)24-20/h5-6,9-12H,1-2,7-8,13-14H2,3-4H3. The van der Waals surface area contributed by atoms with Crippen LogP contribution in [0.1, 0.15) is 24.3 Å². The predicted molar refractivity (Wildman–Crippen MR) is 119 cm³/mol. The van der Waals surface area contributed by atoms with Gasteiger partial charge in [-0.2, -0.15) is 4.98 Å². The van der Waals surface area contributed by atoms with Gasteiger partial charge in [-0.15, -0.1) is 24.5 Å². The van der Waals surface area contributed by atoms with Gasteiger partial charge in [0.25, 0.3) is 0 Å². The molecular formula is C22H24ClN3S. The van der Waals surface area contributed by atoms with Gasteiger partial charge in [-0.25, -0.2) is 4.98 Å². The van der Waals surface area contributed by atoms with Crippen LogP contribution in [0.4, 0.5) is 5.82 Å². The highest BCUT2D eigenvalue weighted by atomic mass is 35.5. The van der Waals surface area contributed by atoms with E-state index < -0.39 is 0 Å². The van der Waals surface area contributed by atoms with Crippen molar-refractivity contribution in [2.75, 3.05) is 18.0 Å². The maximum atomic E-state index is 6.26. The second-order valence-corrected chi connectivity index (χ2v) is 7.70. The van der Waals surface area contributed by atoms with E-state index >= 15 is 0 Å². The fraction of sp³-hybridized carbons (Fsp3) is 0.273. The summed E-state index contributed by atoms with van der Waals surface area (Å²) in [6.07, 6.45) is 5.70. The first-order valence-electron chi connectivity index (χ1n) is 9.17. The summed E-state index contributed by atoms with van der Waals surface area (Å²) >= 11 is 7.96. The largest absolute Gasteiger partial charge is 0.348 e.